The zero-order chi connectivity index (χ0) is 14.4. The molecule has 2 aromatic carbocycles. The third kappa shape index (κ3) is 3.51. The molecule has 4 nitrogen and oxygen atoms in total. The van der Waals surface area contributed by atoms with Gasteiger partial charge in [-0.15, -0.1) is 0 Å². The van der Waals surface area contributed by atoms with E-state index < -0.39 is 5.91 Å². The molecule has 0 unspecified atom stereocenters. The second-order valence-corrected chi connectivity index (χ2v) is 4.29. The Morgan fingerprint density at radius 1 is 1.10 bits per heavy atom. The molecule has 104 valence electrons. The molecule has 0 aromatic heterocycles. The summed E-state index contributed by atoms with van der Waals surface area (Å²) >= 11 is 0. The first-order valence-corrected chi connectivity index (χ1v) is 6.50. The van der Waals surface area contributed by atoms with E-state index in [1.54, 1.807) is 18.2 Å². The standard InChI is InChI=1S/C16H17NO3/c1-2-10-19-15-9-8-13(11-14(15)16(17)18)20-12-6-4-3-5-7-12/h3-9,11H,2,10H2,1H3,(H2,17,18). The van der Waals surface area contributed by atoms with Crippen LogP contribution in [-0.4, -0.2) is 12.5 Å². The van der Waals surface area contributed by atoms with Crippen molar-refractivity contribution in [3.8, 4) is 17.2 Å². The fraction of sp³-hybridized carbons (Fsp3) is 0.188. The number of rotatable bonds is 6. The summed E-state index contributed by atoms with van der Waals surface area (Å²) in [6.07, 6.45) is 0.862. The maximum atomic E-state index is 11.5. The van der Waals surface area contributed by atoms with Gasteiger partial charge >= 0.3 is 0 Å². The van der Waals surface area contributed by atoms with Crippen molar-refractivity contribution in [2.75, 3.05) is 6.61 Å². The van der Waals surface area contributed by atoms with E-state index in [-0.39, 0.29) is 0 Å². The van der Waals surface area contributed by atoms with Gasteiger partial charge in [-0.25, -0.2) is 0 Å². The van der Waals surface area contributed by atoms with Gasteiger partial charge in [0.05, 0.1) is 12.2 Å². The van der Waals surface area contributed by atoms with Crippen molar-refractivity contribution in [1.29, 1.82) is 0 Å². The minimum atomic E-state index is -0.533. The zero-order valence-corrected chi connectivity index (χ0v) is 11.3. The Bertz CT molecular complexity index is 582. The van der Waals surface area contributed by atoms with Crippen LogP contribution < -0.4 is 15.2 Å². The number of hydrogen-bond donors (Lipinski definition) is 1. The van der Waals surface area contributed by atoms with Crippen LogP contribution in [0.4, 0.5) is 0 Å². The molecule has 0 aliphatic heterocycles. The second kappa shape index (κ2) is 6.61. The molecule has 2 rings (SSSR count). The molecule has 4 heteroatoms. The molecule has 0 aliphatic carbocycles. The quantitative estimate of drug-likeness (QED) is 0.876. The third-order valence-electron chi connectivity index (χ3n) is 2.66. The van der Waals surface area contributed by atoms with Gasteiger partial charge in [-0.05, 0) is 36.8 Å². The lowest BCUT2D eigenvalue weighted by Crippen LogP contribution is -2.13. The van der Waals surface area contributed by atoms with Crippen molar-refractivity contribution in [2.24, 2.45) is 5.73 Å². The Morgan fingerprint density at radius 2 is 1.85 bits per heavy atom. The van der Waals surface area contributed by atoms with E-state index in [2.05, 4.69) is 0 Å². The maximum absolute atomic E-state index is 11.5. The highest BCUT2D eigenvalue weighted by Crippen LogP contribution is 2.27. The number of hydrogen-bond acceptors (Lipinski definition) is 3. The summed E-state index contributed by atoms with van der Waals surface area (Å²) in [7, 11) is 0. The summed E-state index contributed by atoms with van der Waals surface area (Å²) in [5.74, 6) is 1.20. The van der Waals surface area contributed by atoms with E-state index >= 15 is 0 Å². The smallest absolute Gasteiger partial charge is 0.252 e. The Morgan fingerprint density at radius 3 is 2.50 bits per heavy atom. The van der Waals surface area contributed by atoms with E-state index in [0.29, 0.717) is 29.4 Å². The Balaban J connectivity index is 2.23. The fourth-order valence-corrected chi connectivity index (χ4v) is 1.73. The number of primary amides is 1. The molecule has 0 atom stereocenters. The number of carbonyl (C=O) groups is 1. The highest BCUT2D eigenvalue weighted by Gasteiger charge is 2.11. The van der Waals surface area contributed by atoms with Crippen LogP contribution in [-0.2, 0) is 0 Å². The van der Waals surface area contributed by atoms with Crippen molar-refractivity contribution < 1.29 is 14.3 Å². The summed E-state index contributed by atoms with van der Waals surface area (Å²) in [5.41, 5.74) is 5.70. The van der Waals surface area contributed by atoms with Gasteiger partial charge in [-0.2, -0.15) is 0 Å². The van der Waals surface area contributed by atoms with Gasteiger partial charge in [-0.1, -0.05) is 25.1 Å². The molecular formula is C16H17NO3. The summed E-state index contributed by atoms with van der Waals surface area (Å²) in [6, 6.07) is 14.4. The van der Waals surface area contributed by atoms with Crippen LogP contribution in [0.5, 0.6) is 17.2 Å². The molecule has 0 bridgehead atoms. The van der Waals surface area contributed by atoms with Crippen LogP contribution in [0.15, 0.2) is 48.5 Å². The first kappa shape index (κ1) is 13.9. The second-order valence-electron chi connectivity index (χ2n) is 4.29. The van der Waals surface area contributed by atoms with Gasteiger partial charge in [0.1, 0.15) is 17.2 Å². The topological polar surface area (TPSA) is 61.6 Å². The first-order valence-electron chi connectivity index (χ1n) is 6.50. The minimum Gasteiger partial charge on any atom is -0.493 e. The average Bonchev–Trinajstić information content (AvgIpc) is 2.47. The van der Waals surface area contributed by atoms with Gasteiger partial charge in [0.2, 0.25) is 0 Å². The van der Waals surface area contributed by atoms with Crippen molar-refractivity contribution in [2.45, 2.75) is 13.3 Å². The van der Waals surface area contributed by atoms with Crippen LogP contribution in [0.1, 0.15) is 23.7 Å². The number of carbonyl (C=O) groups excluding carboxylic acids is 1. The average molecular weight is 271 g/mol. The Hall–Kier alpha value is -2.49. The highest BCUT2D eigenvalue weighted by atomic mass is 16.5. The number of benzene rings is 2. The number of amides is 1. The van der Waals surface area contributed by atoms with Crippen LogP contribution in [0.25, 0.3) is 0 Å². The predicted octanol–water partition coefficient (Wildman–Crippen LogP) is 3.37. The van der Waals surface area contributed by atoms with Gasteiger partial charge in [-0.3, -0.25) is 4.79 Å². The molecular weight excluding hydrogens is 254 g/mol. The minimum absolute atomic E-state index is 0.326. The number of para-hydroxylation sites is 1. The summed E-state index contributed by atoms with van der Waals surface area (Å²) < 4.78 is 11.2. The van der Waals surface area contributed by atoms with E-state index in [9.17, 15) is 4.79 Å². The van der Waals surface area contributed by atoms with Crippen molar-refractivity contribution in [3.63, 3.8) is 0 Å². The normalized spacial score (nSPS) is 10.1. The highest BCUT2D eigenvalue weighted by molar-refractivity contribution is 5.96. The molecule has 2 aromatic rings. The van der Waals surface area contributed by atoms with Gasteiger partial charge in [0, 0.05) is 0 Å². The molecule has 0 spiro atoms. The molecule has 0 saturated heterocycles. The number of nitrogens with two attached hydrogens (primary N) is 1. The van der Waals surface area contributed by atoms with Crippen molar-refractivity contribution in [1.82, 2.24) is 0 Å². The Labute approximate surface area is 118 Å². The van der Waals surface area contributed by atoms with Crippen LogP contribution in [0, 0.1) is 0 Å². The SMILES string of the molecule is CCCOc1ccc(Oc2ccccc2)cc1C(N)=O. The fourth-order valence-electron chi connectivity index (χ4n) is 1.73. The van der Waals surface area contributed by atoms with Crippen LogP contribution in [0.3, 0.4) is 0 Å². The third-order valence-corrected chi connectivity index (χ3v) is 2.66. The van der Waals surface area contributed by atoms with E-state index in [1.807, 2.05) is 37.3 Å². The largest absolute Gasteiger partial charge is 0.493 e. The van der Waals surface area contributed by atoms with Gasteiger partial charge < -0.3 is 15.2 Å². The summed E-state index contributed by atoms with van der Waals surface area (Å²) in [4.78, 5) is 11.5. The first-order chi connectivity index (χ1) is 9.70. The van der Waals surface area contributed by atoms with Gasteiger partial charge in [0.15, 0.2) is 0 Å². The predicted molar refractivity (Wildman–Crippen MR) is 77.3 cm³/mol. The van der Waals surface area contributed by atoms with Crippen molar-refractivity contribution in [3.05, 3.63) is 54.1 Å². The molecule has 2 N–H and O–H groups in total. The van der Waals surface area contributed by atoms with Crippen molar-refractivity contribution >= 4 is 5.91 Å². The molecule has 0 saturated carbocycles. The maximum Gasteiger partial charge on any atom is 0.252 e. The molecule has 0 fully saturated rings. The lowest BCUT2D eigenvalue weighted by atomic mass is 10.2. The van der Waals surface area contributed by atoms with E-state index in [1.165, 1.54) is 0 Å². The molecule has 0 heterocycles. The van der Waals surface area contributed by atoms with E-state index in [0.717, 1.165) is 6.42 Å². The number of ether oxygens (including phenoxy) is 2. The Kier molecular flexibility index (Phi) is 4.60. The van der Waals surface area contributed by atoms with Gasteiger partial charge in [0.25, 0.3) is 5.91 Å². The lowest BCUT2D eigenvalue weighted by molar-refractivity contribution is 0.0996. The van der Waals surface area contributed by atoms with Crippen LogP contribution in [0.2, 0.25) is 0 Å². The summed E-state index contributed by atoms with van der Waals surface area (Å²) in [6.45, 7) is 2.54. The van der Waals surface area contributed by atoms with Crippen LogP contribution >= 0.6 is 0 Å². The molecule has 0 aliphatic rings. The molecule has 20 heavy (non-hydrogen) atoms. The molecule has 0 radical (unpaired) electrons. The lowest BCUT2D eigenvalue weighted by Gasteiger charge is -2.11. The van der Waals surface area contributed by atoms with E-state index in [4.69, 9.17) is 15.2 Å². The monoisotopic (exact) mass is 271 g/mol. The zero-order valence-electron chi connectivity index (χ0n) is 11.3. The molecule has 1 amide bonds. The summed E-state index contributed by atoms with van der Waals surface area (Å²) in [5, 5.41) is 0.